The van der Waals surface area contributed by atoms with Crippen LogP contribution in [0.4, 0.5) is 0 Å². The first-order valence-electron chi connectivity index (χ1n) is 8.58. The number of fused-ring (bicyclic) bond motifs is 2. The molecule has 120 valence electrons. The molecule has 2 N–H and O–H groups in total. The minimum absolute atomic E-state index is 0.0980. The molecule has 2 bridgehead atoms. The van der Waals surface area contributed by atoms with E-state index in [0.717, 1.165) is 32.1 Å². The molecule has 0 heterocycles. The molecule has 0 aromatic carbocycles. The van der Waals surface area contributed by atoms with Crippen LogP contribution in [0, 0.1) is 23.7 Å². The normalized spacial score (nSPS) is 33.5. The van der Waals surface area contributed by atoms with Gasteiger partial charge in [0.05, 0.1) is 11.8 Å². The van der Waals surface area contributed by atoms with Crippen molar-refractivity contribution in [2.75, 3.05) is 0 Å². The van der Waals surface area contributed by atoms with E-state index in [1.807, 2.05) is 13.8 Å². The second-order valence-electron chi connectivity index (χ2n) is 7.02. The molecule has 2 rings (SSSR count). The Morgan fingerprint density at radius 3 is 1.62 bits per heavy atom. The van der Waals surface area contributed by atoms with E-state index in [9.17, 15) is 9.59 Å². The summed E-state index contributed by atoms with van der Waals surface area (Å²) >= 11 is 0. The van der Waals surface area contributed by atoms with E-state index in [4.69, 9.17) is 0 Å². The van der Waals surface area contributed by atoms with Gasteiger partial charge in [0.2, 0.25) is 11.8 Å². The highest BCUT2D eigenvalue weighted by Crippen LogP contribution is 2.52. The van der Waals surface area contributed by atoms with E-state index in [1.165, 1.54) is 0 Å². The molecule has 0 radical (unpaired) electrons. The van der Waals surface area contributed by atoms with Gasteiger partial charge in [-0.2, -0.15) is 0 Å². The van der Waals surface area contributed by atoms with Crippen molar-refractivity contribution in [2.45, 2.75) is 71.9 Å². The topological polar surface area (TPSA) is 58.2 Å². The molecule has 4 nitrogen and oxygen atoms in total. The molecule has 0 aromatic rings. The van der Waals surface area contributed by atoms with Crippen molar-refractivity contribution < 1.29 is 9.59 Å². The number of nitrogens with one attached hydrogen (secondary N) is 2. The standard InChI is InChI=1S/C17H30N2O2/c1-5-10(3)18-16(20)14-12-7-8-13(9-12)15(14)17(21)19-11(4)6-2/h10-15H,5-9H2,1-4H3,(H,18,20)(H,19,21)/t10-,11-,12-,13+,14-,15+/m0/s1. The van der Waals surface area contributed by atoms with E-state index in [2.05, 4.69) is 24.5 Å². The third-order valence-corrected chi connectivity index (χ3v) is 5.52. The van der Waals surface area contributed by atoms with Crippen molar-refractivity contribution in [1.82, 2.24) is 10.6 Å². The van der Waals surface area contributed by atoms with Gasteiger partial charge in [0.25, 0.3) is 0 Å². The third-order valence-electron chi connectivity index (χ3n) is 5.52. The van der Waals surface area contributed by atoms with E-state index < -0.39 is 0 Å². The first-order valence-corrected chi connectivity index (χ1v) is 8.58. The Morgan fingerprint density at radius 2 is 1.29 bits per heavy atom. The fourth-order valence-electron chi connectivity index (χ4n) is 3.93. The fraction of sp³-hybridized carbons (Fsp3) is 0.882. The van der Waals surface area contributed by atoms with Gasteiger partial charge < -0.3 is 10.6 Å². The Labute approximate surface area is 128 Å². The van der Waals surface area contributed by atoms with E-state index in [1.54, 1.807) is 0 Å². The molecule has 2 fully saturated rings. The van der Waals surface area contributed by atoms with Crippen molar-refractivity contribution in [3.63, 3.8) is 0 Å². The summed E-state index contributed by atoms with van der Waals surface area (Å²) in [6, 6.07) is 0.379. The lowest BCUT2D eigenvalue weighted by molar-refractivity contribution is -0.137. The third kappa shape index (κ3) is 3.41. The van der Waals surface area contributed by atoms with E-state index >= 15 is 0 Å². The minimum Gasteiger partial charge on any atom is -0.353 e. The van der Waals surface area contributed by atoms with Crippen LogP contribution in [0.25, 0.3) is 0 Å². The van der Waals surface area contributed by atoms with Gasteiger partial charge in [-0.15, -0.1) is 0 Å². The number of carbonyl (C=O) groups excluding carboxylic acids is 2. The maximum absolute atomic E-state index is 12.6. The van der Waals surface area contributed by atoms with Crippen LogP contribution in [0.15, 0.2) is 0 Å². The molecule has 0 saturated heterocycles. The van der Waals surface area contributed by atoms with E-state index in [-0.39, 0.29) is 35.7 Å². The van der Waals surface area contributed by atoms with Gasteiger partial charge in [0, 0.05) is 12.1 Å². The number of hydrogen-bond acceptors (Lipinski definition) is 2. The second kappa shape index (κ2) is 6.80. The van der Waals surface area contributed by atoms with Crippen LogP contribution in [-0.2, 0) is 9.59 Å². The van der Waals surface area contributed by atoms with Gasteiger partial charge in [-0.05, 0) is 57.8 Å². The molecule has 21 heavy (non-hydrogen) atoms. The van der Waals surface area contributed by atoms with Crippen molar-refractivity contribution in [3.05, 3.63) is 0 Å². The summed E-state index contributed by atoms with van der Waals surface area (Å²) in [7, 11) is 0. The van der Waals surface area contributed by atoms with Crippen LogP contribution in [0.5, 0.6) is 0 Å². The van der Waals surface area contributed by atoms with Crippen molar-refractivity contribution in [1.29, 1.82) is 0 Å². The largest absolute Gasteiger partial charge is 0.353 e. The summed E-state index contributed by atoms with van der Waals surface area (Å²) in [4.78, 5) is 25.2. The van der Waals surface area contributed by atoms with Gasteiger partial charge in [-0.25, -0.2) is 0 Å². The Balaban J connectivity index is 2.07. The smallest absolute Gasteiger partial charge is 0.224 e. The van der Waals surface area contributed by atoms with Crippen LogP contribution in [0.2, 0.25) is 0 Å². The molecule has 2 aliphatic carbocycles. The molecule has 2 saturated carbocycles. The molecule has 2 aliphatic rings. The molecule has 0 unspecified atom stereocenters. The van der Waals surface area contributed by atoms with Crippen LogP contribution in [-0.4, -0.2) is 23.9 Å². The molecule has 6 atom stereocenters. The van der Waals surface area contributed by atoms with Crippen LogP contribution in [0.3, 0.4) is 0 Å². The lowest BCUT2D eigenvalue weighted by atomic mass is 9.78. The van der Waals surface area contributed by atoms with Gasteiger partial charge in [-0.3, -0.25) is 9.59 Å². The Hall–Kier alpha value is -1.06. The Kier molecular flexibility index (Phi) is 5.28. The minimum atomic E-state index is -0.109. The quantitative estimate of drug-likeness (QED) is 0.790. The number of carbonyl (C=O) groups is 2. The summed E-state index contributed by atoms with van der Waals surface area (Å²) in [5, 5.41) is 6.18. The average molecular weight is 294 g/mol. The first-order chi connectivity index (χ1) is 9.97. The molecule has 2 amide bonds. The number of amides is 2. The SMILES string of the molecule is CC[C@H](C)NC(=O)[C@@H]1[C@@H]2CC[C@@H](C2)[C@@H]1C(=O)N[C@@H](C)CC. The predicted molar refractivity (Wildman–Crippen MR) is 83.6 cm³/mol. The Morgan fingerprint density at radius 1 is 0.905 bits per heavy atom. The van der Waals surface area contributed by atoms with Gasteiger partial charge in [0.1, 0.15) is 0 Å². The van der Waals surface area contributed by atoms with Crippen molar-refractivity contribution in [2.24, 2.45) is 23.7 Å². The van der Waals surface area contributed by atoms with Crippen LogP contribution < -0.4 is 10.6 Å². The van der Waals surface area contributed by atoms with Gasteiger partial charge in [-0.1, -0.05) is 13.8 Å². The molecular formula is C17H30N2O2. The van der Waals surface area contributed by atoms with Crippen molar-refractivity contribution >= 4 is 11.8 Å². The zero-order chi connectivity index (χ0) is 15.6. The summed E-state index contributed by atoms with van der Waals surface area (Å²) in [6.07, 6.45) is 5.12. The number of hydrogen-bond donors (Lipinski definition) is 2. The average Bonchev–Trinajstić information content (AvgIpc) is 3.07. The van der Waals surface area contributed by atoms with Gasteiger partial charge in [0.15, 0.2) is 0 Å². The second-order valence-corrected chi connectivity index (χ2v) is 7.02. The maximum atomic E-state index is 12.6. The van der Waals surface area contributed by atoms with Gasteiger partial charge >= 0.3 is 0 Å². The molecule has 0 aromatic heterocycles. The summed E-state index contributed by atoms with van der Waals surface area (Å²) in [5.74, 6) is 0.795. The molecule has 0 aliphatic heterocycles. The number of rotatable bonds is 6. The van der Waals surface area contributed by atoms with Crippen LogP contribution >= 0.6 is 0 Å². The summed E-state index contributed by atoms with van der Waals surface area (Å²) in [6.45, 7) is 8.19. The molecule has 4 heteroatoms. The highest BCUT2D eigenvalue weighted by molar-refractivity contribution is 5.89. The zero-order valence-electron chi connectivity index (χ0n) is 13.8. The molecule has 0 spiro atoms. The van der Waals surface area contributed by atoms with E-state index in [0.29, 0.717) is 11.8 Å². The maximum Gasteiger partial charge on any atom is 0.224 e. The fourth-order valence-corrected chi connectivity index (χ4v) is 3.93. The van der Waals surface area contributed by atoms with Crippen LogP contribution in [0.1, 0.15) is 59.8 Å². The summed E-state index contributed by atoms with van der Waals surface area (Å²) < 4.78 is 0. The summed E-state index contributed by atoms with van der Waals surface area (Å²) in [5.41, 5.74) is 0. The lowest BCUT2D eigenvalue weighted by Crippen LogP contribution is -2.48. The first kappa shape index (κ1) is 16.3. The molecular weight excluding hydrogens is 264 g/mol. The van der Waals surface area contributed by atoms with Crippen molar-refractivity contribution in [3.8, 4) is 0 Å². The highest BCUT2D eigenvalue weighted by Gasteiger charge is 2.53. The highest BCUT2D eigenvalue weighted by atomic mass is 16.2. The zero-order valence-corrected chi connectivity index (χ0v) is 13.8. The monoisotopic (exact) mass is 294 g/mol. The predicted octanol–water partition coefficient (Wildman–Crippen LogP) is 2.48. The Bertz CT molecular complexity index is 360. The lowest BCUT2D eigenvalue weighted by Gasteiger charge is -2.31.